The molecule has 0 spiro atoms. The number of hydrogen-bond donors (Lipinski definition) is 2. The maximum Gasteiger partial charge on any atom is 0.313 e. The van der Waals surface area contributed by atoms with Crippen molar-refractivity contribution in [3.63, 3.8) is 0 Å². The summed E-state index contributed by atoms with van der Waals surface area (Å²) in [6.07, 6.45) is 5.95. The van der Waals surface area contributed by atoms with Crippen LogP contribution in [0.1, 0.15) is 12.0 Å². The molecule has 0 atom stereocenters. The fourth-order valence-corrected chi connectivity index (χ4v) is 2.00. The number of rotatable bonds is 5. The summed E-state index contributed by atoms with van der Waals surface area (Å²) in [6.45, 7) is 3.01. The first kappa shape index (κ1) is 16.0. The van der Waals surface area contributed by atoms with Crippen LogP contribution in [0.3, 0.4) is 0 Å². The predicted molar refractivity (Wildman–Crippen MR) is 84.7 cm³/mol. The van der Waals surface area contributed by atoms with Gasteiger partial charge in [0.15, 0.2) is 0 Å². The summed E-state index contributed by atoms with van der Waals surface area (Å²) in [5.41, 5.74) is 1.40. The van der Waals surface area contributed by atoms with Gasteiger partial charge in [-0.3, -0.25) is 9.59 Å². The first-order chi connectivity index (χ1) is 10.6. The Labute approximate surface area is 133 Å². The highest BCUT2D eigenvalue weighted by Crippen LogP contribution is 2.19. The minimum atomic E-state index is -0.706. The van der Waals surface area contributed by atoms with E-state index in [2.05, 4.69) is 15.6 Å². The normalized spacial score (nSPS) is 10.3. The van der Waals surface area contributed by atoms with Crippen molar-refractivity contribution in [3.05, 3.63) is 47.5 Å². The highest BCUT2D eigenvalue weighted by atomic mass is 35.5. The molecule has 1 aromatic carbocycles. The fourth-order valence-electron chi connectivity index (χ4n) is 1.82. The largest absolute Gasteiger partial charge is 0.348 e. The zero-order valence-corrected chi connectivity index (χ0v) is 12.9. The number of amides is 2. The lowest BCUT2D eigenvalue weighted by molar-refractivity contribution is -0.136. The van der Waals surface area contributed by atoms with Crippen molar-refractivity contribution in [3.8, 4) is 0 Å². The van der Waals surface area contributed by atoms with E-state index in [1.807, 2.05) is 17.7 Å². The lowest BCUT2D eigenvalue weighted by Gasteiger charge is -2.08. The Hall–Kier alpha value is -2.34. The molecule has 0 radical (unpaired) electrons. The highest BCUT2D eigenvalue weighted by molar-refractivity contribution is 6.39. The van der Waals surface area contributed by atoms with Crippen molar-refractivity contribution in [2.75, 3.05) is 11.9 Å². The number of carbonyl (C=O) groups excluding carboxylic acids is 2. The van der Waals surface area contributed by atoms with Gasteiger partial charge in [0, 0.05) is 36.2 Å². The van der Waals surface area contributed by atoms with E-state index >= 15 is 0 Å². The van der Waals surface area contributed by atoms with Crippen LogP contribution in [0, 0.1) is 6.92 Å². The summed E-state index contributed by atoms with van der Waals surface area (Å²) in [6, 6.07) is 5.09. The Morgan fingerprint density at radius 3 is 2.82 bits per heavy atom. The van der Waals surface area contributed by atoms with Gasteiger partial charge in [0.05, 0.1) is 6.33 Å². The third-order valence-corrected chi connectivity index (χ3v) is 3.48. The summed E-state index contributed by atoms with van der Waals surface area (Å²) in [4.78, 5) is 27.4. The molecule has 0 bridgehead atoms. The molecule has 1 aromatic heterocycles. The molecule has 0 saturated carbocycles. The van der Waals surface area contributed by atoms with Crippen molar-refractivity contribution in [2.24, 2.45) is 0 Å². The van der Waals surface area contributed by atoms with Crippen LogP contribution in [0.5, 0.6) is 0 Å². The molecule has 2 N–H and O–H groups in total. The Balaban J connectivity index is 1.74. The molecule has 2 amide bonds. The van der Waals surface area contributed by atoms with Crippen LogP contribution in [-0.2, 0) is 16.1 Å². The van der Waals surface area contributed by atoms with Crippen LogP contribution in [0.25, 0.3) is 0 Å². The van der Waals surface area contributed by atoms with Crippen LogP contribution in [0.2, 0.25) is 5.02 Å². The van der Waals surface area contributed by atoms with Crippen molar-refractivity contribution in [1.82, 2.24) is 14.9 Å². The first-order valence-corrected chi connectivity index (χ1v) is 7.25. The predicted octanol–water partition coefficient (Wildman–Crippen LogP) is 1.99. The molecular weight excluding hydrogens is 304 g/mol. The minimum Gasteiger partial charge on any atom is -0.348 e. The number of imidazole rings is 1. The average Bonchev–Trinajstić information content (AvgIpc) is 3.00. The number of halogens is 1. The maximum atomic E-state index is 11.8. The van der Waals surface area contributed by atoms with Crippen LogP contribution < -0.4 is 10.6 Å². The Kier molecular flexibility index (Phi) is 5.55. The number of aromatic nitrogens is 2. The van der Waals surface area contributed by atoms with Gasteiger partial charge in [0.2, 0.25) is 0 Å². The Bertz CT molecular complexity index is 656. The van der Waals surface area contributed by atoms with E-state index in [1.165, 1.54) is 0 Å². The van der Waals surface area contributed by atoms with Gasteiger partial charge < -0.3 is 15.2 Å². The van der Waals surface area contributed by atoms with E-state index in [0.717, 1.165) is 12.1 Å². The molecule has 6 nitrogen and oxygen atoms in total. The number of carbonyl (C=O) groups is 2. The molecule has 0 aliphatic rings. The zero-order chi connectivity index (χ0) is 15.9. The molecule has 0 saturated heterocycles. The molecule has 2 rings (SSSR count). The lowest BCUT2D eigenvalue weighted by Crippen LogP contribution is -2.36. The van der Waals surface area contributed by atoms with Crippen molar-refractivity contribution in [2.45, 2.75) is 19.9 Å². The number of hydrogen-bond acceptors (Lipinski definition) is 3. The molecule has 22 heavy (non-hydrogen) atoms. The number of aryl methyl sites for hydroxylation is 2. The SMILES string of the molecule is Cc1ccc(NC(=O)C(=O)NCCCn2ccnc2)cc1Cl. The zero-order valence-electron chi connectivity index (χ0n) is 12.2. The van der Waals surface area contributed by atoms with Crippen molar-refractivity contribution >= 4 is 29.1 Å². The molecule has 0 aliphatic carbocycles. The van der Waals surface area contributed by atoms with Crippen LogP contribution >= 0.6 is 11.6 Å². The number of nitrogens with one attached hydrogen (secondary N) is 2. The van der Waals surface area contributed by atoms with Gasteiger partial charge in [-0.05, 0) is 31.0 Å². The Morgan fingerprint density at radius 2 is 2.14 bits per heavy atom. The van der Waals surface area contributed by atoms with Gasteiger partial charge in [-0.2, -0.15) is 0 Å². The first-order valence-electron chi connectivity index (χ1n) is 6.87. The van der Waals surface area contributed by atoms with Gasteiger partial charge in [0.25, 0.3) is 0 Å². The van der Waals surface area contributed by atoms with Crippen LogP contribution in [-0.4, -0.2) is 27.9 Å². The lowest BCUT2D eigenvalue weighted by atomic mass is 10.2. The second-order valence-corrected chi connectivity index (χ2v) is 5.24. The summed E-state index contributed by atoms with van der Waals surface area (Å²) in [5.74, 6) is -1.37. The average molecular weight is 321 g/mol. The topological polar surface area (TPSA) is 76.0 Å². The third kappa shape index (κ3) is 4.60. The summed E-state index contributed by atoms with van der Waals surface area (Å²) in [7, 11) is 0. The van der Waals surface area contributed by atoms with E-state index in [-0.39, 0.29) is 0 Å². The number of anilines is 1. The Morgan fingerprint density at radius 1 is 1.32 bits per heavy atom. The molecule has 0 fully saturated rings. The molecule has 2 aromatic rings. The maximum absolute atomic E-state index is 11.8. The molecule has 116 valence electrons. The molecule has 1 heterocycles. The van der Waals surface area contributed by atoms with E-state index < -0.39 is 11.8 Å². The number of benzene rings is 1. The van der Waals surface area contributed by atoms with E-state index in [4.69, 9.17) is 11.6 Å². The molecule has 0 aliphatic heterocycles. The van der Waals surface area contributed by atoms with E-state index in [1.54, 1.807) is 30.7 Å². The third-order valence-electron chi connectivity index (χ3n) is 3.07. The second-order valence-electron chi connectivity index (χ2n) is 4.83. The second kappa shape index (κ2) is 7.61. The van der Waals surface area contributed by atoms with Crippen LogP contribution in [0.15, 0.2) is 36.9 Å². The quantitative estimate of drug-likeness (QED) is 0.653. The minimum absolute atomic E-state index is 0.416. The fraction of sp³-hybridized carbons (Fsp3) is 0.267. The van der Waals surface area contributed by atoms with Gasteiger partial charge in [-0.15, -0.1) is 0 Å². The van der Waals surface area contributed by atoms with E-state index in [0.29, 0.717) is 23.7 Å². The van der Waals surface area contributed by atoms with Crippen LogP contribution in [0.4, 0.5) is 5.69 Å². The number of nitrogens with zero attached hydrogens (tertiary/aromatic N) is 2. The summed E-state index contributed by atoms with van der Waals surface area (Å²) in [5, 5.41) is 5.63. The van der Waals surface area contributed by atoms with Gasteiger partial charge >= 0.3 is 11.8 Å². The summed E-state index contributed by atoms with van der Waals surface area (Å²) >= 11 is 5.97. The molecular formula is C15H17ClN4O2. The molecule has 0 unspecified atom stereocenters. The van der Waals surface area contributed by atoms with Crippen molar-refractivity contribution < 1.29 is 9.59 Å². The monoisotopic (exact) mass is 320 g/mol. The molecule has 7 heteroatoms. The standard InChI is InChI=1S/C15H17ClN4O2/c1-11-3-4-12(9-13(11)16)19-15(22)14(21)18-5-2-7-20-8-6-17-10-20/h3-4,6,8-10H,2,5,7H2,1H3,(H,18,21)(H,19,22). The van der Waals surface area contributed by atoms with E-state index in [9.17, 15) is 9.59 Å². The van der Waals surface area contributed by atoms with Gasteiger partial charge in [-0.25, -0.2) is 4.98 Å². The smallest absolute Gasteiger partial charge is 0.313 e. The van der Waals surface area contributed by atoms with Gasteiger partial charge in [-0.1, -0.05) is 17.7 Å². The summed E-state index contributed by atoms with van der Waals surface area (Å²) < 4.78 is 1.90. The highest BCUT2D eigenvalue weighted by Gasteiger charge is 2.13. The van der Waals surface area contributed by atoms with Crippen molar-refractivity contribution in [1.29, 1.82) is 0 Å². The van der Waals surface area contributed by atoms with Gasteiger partial charge in [0.1, 0.15) is 0 Å².